The largest absolute Gasteiger partial charge is 0.459 e. The van der Waals surface area contributed by atoms with Gasteiger partial charge in [0, 0.05) is 31.8 Å². The van der Waals surface area contributed by atoms with Crippen LogP contribution in [0, 0.1) is 5.92 Å². The van der Waals surface area contributed by atoms with Gasteiger partial charge in [0.2, 0.25) is 0 Å². The highest BCUT2D eigenvalue weighted by molar-refractivity contribution is 5.88. The van der Waals surface area contributed by atoms with Crippen LogP contribution in [0.5, 0.6) is 0 Å². The zero-order valence-electron chi connectivity index (χ0n) is 28.3. The Labute approximate surface area is 270 Å². The van der Waals surface area contributed by atoms with E-state index < -0.39 is 83.4 Å². The van der Waals surface area contributed by atoms with Gasteiger partial charge in [-0.15, -0.1) is 0 Å². The van der Waals surface area contributed by atoms with Crippen LogP contribution in [0.25, 0.3) is 0 Å². The van der Waals surface area contributed by atoms with Crippen LogP contribution >= 0.6 is 0 Å². The van der Waals surface area contributed by atoms with Crippen LogP contribution in [-0.4, -0.2) is 81.3 Å². The summed E-state index contributed by atoms with van der Waals surface area (Å²) in [7, 11) is 0. The fourth-order valence-corrected chi connectivity index (χ4v) is 6.90. The summed E-state index contributed by atoms with van der Waals surface area (Å²) in [6, 6.07) is 0. The van der Waals surface area contributed by atoms with Crippen LogP contribution in [0.1, 0.15) is 113 Å². The summed E-state index contributed by atoms with van der Waals surface area (Å²) in [6.45, 7) is 12.4. The minimum Gasteiger partial charge on any atom is -0.459 e. The van der Waals surface area contributed by atoms with Crippen molar-refractivity contribution in [2.24, 2.45) is 5.92 Å². The van der Waals surface area contributed by atoms with Gasteiger partial charge in [-0.25, -0.2) is 9.59 Å². The minimum atomic E-state index is -2.57. The Kier molecular flexibility index (Phi) is 11.9. The molecular weight excluding hydrogens is 600 g/mol. The fraction of sp³-hybridized carbons (Fsp3) is 0.735. The summed E-state index contributed by atoms with van der Waals surface area (Å²) >= 11 is 0. The molecule has 46 heavy (non-hydrogen) atoms. The summed E-state index contributed by atoms with van der Waals surface area (Å²) in [5, 5.41) is 23.9. The molecular formula is C34H50O12. The number of carbonyl (C=O) groups excluding carboxylic acids is 5. The van der Waals surface area contributed by atoms with Crippen LogP contribution in [0.15, 0.2) is 22.8 Å². The lowest BCUT2D eigenvalue weighted by Gasteiger charge is -2.41. The maximum Gasteiger partial charge on any atom is 0.341 e. The smallest absolute Gasteiger partial charge is 0.341 e. The molecule has 0 aromatic rings. The van der Waals surface area contributed by atoms with Crippen LogP contribution in [0.3, 0.4) is 0 Å². The third kappa shape index (κ3) is 7.02. The van der Waals surface area contributed by atoms with E-state index in [0.717, 1.165) is 32.6 Å². The molecule has 12 heteroatoms. The zero-order valence-corrected chi connectivity index (χ0v) is 28.3. The first kappa shape index (κ1) is 37.2. The van der Waals surface area contributed by atoms with E-state index in [4.69, 9.17) is 23.7 Å². The molecule has 3 aliphatic rings. The lowest BCUT2D eigenvalue weighted by molar-refractivity contribution is -0.212. The SMILES string of the molecule is C/C=C(/C)C(=O)O[C@H]1C(C)=C2[C@H]([C@@H]1OC(=O)CCCCCCC)[C@](C)(OC(C)=O)C[C@H](OC(=O)CCC)[C@@]1(O)[C@H]2OC(=O)[C@@]1(C)O. The van der Waals surface area contributed by atoms with Crippen molar-refractivity contribution in [2.75, 3.05) is 0 Å². The van der Waals surface area contributed by atoms with Crippen molar-refractivity contribution in [1.82, 2.24) is 0 Å². The molecule has 0 spiro atoms. The number of esters is 5. The Morgan fingerprint density at radius 2 is 1.57 bits per heavy atom. The van der Waals surface area contributed by atoms with Crippen molar-refractivity contribution in [2.45, 2.75) is 154 Å². The molecule has 1 heterocycles. The highest BCUT2D eigenvalue weighted by atomic mass is 16.6. The van der Waals surface area contributed by atoms with Crippen LogP contribution in [-0.2, 0) is 47.7 Å². The highest BCUT2D eigenvalue weighted by Crippen LogP contribution is 2.57. The van der Waals surface area contributed by atoms with E-state index >= 15 is 0 Å². The van der Waals surface area contributed by atoms with E-state index in [-0.39, 0.29) is 29.6 Å². The van der Waals surface area contributed by atoms with Gasteiger partial charge >= 0.3 is 29.8 Å². The van der Waals surface area contributed by atoms with Gasteiger partial charge in [-0.1, -0.05) is 45.6 Å². The van der Waals surface area contributed by atoms with Crippen molar-refractivity contribution in [3.8, 4) is 0 Å². The molecule has 0 bridgehead atoms. The van der Waals surface area contributed by atoms with Gasteiger partial charge in [0.05, 0.1) is 5.92 Å². The summed E-state index contributed by atoms with van der Waals surface area (Å²) < 4.78 is 29.3. The number of allylic oxidation sites excluding steroid dienone is 1. The first-order valence-corrected chi connectivity index (χ1v) is 16.3. The number of unbranched alkanes of at least 4 members (excludes halogenated alkanes) is 4. The molecule has 0 amide bonds. The van der Waals surface area contributed by atoms with E-state index in [0.29, 0.717) is 12.8 Å². The maximum absolute atomic E-state index is 13.3. The average Bonchev–Trinajstić information content (AvgIpc) is 3.30. The standard InChI is InChI=1S/C34H50O12/c1-9-12-13-14-15-17-24(37)43-28-26-25(20(5)27(28)44-30(38)19(4)11-3)29-34(41,33(8,40)31(39)45-29)22(42-23(36)16-10-2)18-32(26,7)46-21(6)35/h11,22,26-29,40-41H,9-10,12-18H2,1-8H3/b19-11-/t22-,26+,27-,28-,29-,32+,33+,34+/m0/s1. The van der Waals surface area contributed by atoms with Crippen LogP contribution in [0.2, 0.25) is 0 Å². The lowest BCUT2D eigenvalue weighted by Crippen LogP contribution is -2.64. The summed E-state index contributed by atoms with van der Waals surface area (Å²) in [5.41, 5.74) is -6.12. The van der Waals surface area contributed by atoms with Crippen molar-refractivity contribution >= 4 is 29.8 Å². The predicted octanol–water partition coefficient (Wildman–Crippen LogP) is 3.93. The third-order valence-corrected chi connectivity index (χ3v) is 9.51. The van der Waals surface area contributed by atoms with Gasteiger partial charge in [-0.2, -0.15) is 0 Å². The topological polar surface area (TPSA) is 172 Å². The van der Waals surface area contributed by atoms with Crippen molar-refractivity contribution in [3.05, 3.63) is 22.8 Å². The Hall–Kier alpha value is -3.25. The Balaban J connectivity index is 2.23. The Morgan fingerprint density at radius 1 is 0.935 bits per heavy atom. The average molecular weight is 651 g/mol. The first-order valence-electron chi connectivity index (χ1n) is 16.3. The lowest BCUT2D eigenvalue weighted by atomic mass is 9.75. The number of aliphatic hydroxyl groups is 2. The molecule has 2 aliphatic carbocycles. The van der Waals surface area contributed by atoms with Crippen LogP contribution in [0.4, 0.5) is 0 Å². The van der Waals surface area contributed by atoms with Gasteiger partial charge in [-0.05, 0) is 58.6 Å². The number of rotatable bonds is 13. The van der Waals surface area contributed by atoms with E-state index in [1.807, 2.05) is 0 Å². The second-order valence-corrected chi connectivity index (χ2v) is 13.1. The zero-order chi connectivity index (χ0) is 34.6. The molecule has 0 aromatic carbocycles. The molecule has 12 nitrogen and oxygen atoms in total. The quantitative estimate of drug-likeness (QED) is 0.0969. The second-order valence-electron chi connectivity index (χ2n) is 13.1. The second kappa shape index (κ2) is 14.7. The normalized spacial score (nSPS) is 33.8. The molecule has 0 aromatic heterocycles. The van der Waals surface area contributed by atoms with Gasteiger partial charge in [-0.3, -0.25) is 14.4 Å². The molecule has 3 rings (SSSR count). The van der Waals surface area contributed by atoms with Crippen molar-refractivity contribution in [3.63, 3.8) is 0 Å². The van der Waals surface area contributed by atoms with E-state index in [1.54, 1.807) is 33.8 Å². The first-order chi connectivity index (χ1) is 21.5. The minimum absolute atomic E-state index is 0.0234. The van der Waals surface area contributed by atoms with Crippen molar-refractivity contribution in [1.29, 1.82) is 0 Å². The number of ether oxygens (including phenoxy) is 5. The third-order valence-electron chi connectivity index (χ3n) is 9.51. The maximum atomic E-state index is 13.3. The number of hydrogen-bond donors (Lipinski definition) is 2. The van der Waals surface area contributed by atoms with Crippen LogP contribution < -0.4 is 0 Å². The van der Waals surface area contributed by atoms with Gasteiger partial charge in [0.25, 0.3) is 0 Å². The molecule has 1 aliphatic heterocycles. The van der Waals surface area contributed by atoms with Crippen molar-refractivity contribution < 1.29 is 57.9 Å². The number of carbonyl (C=O) groups is 5. The molecule has 2 fully saturated rings. The van der Waals surface area contributed by atoms with E-state index in [9.17, 15) is 34.2 Å². The van der Waals surface area contributed by atoms with E-state index in [1.165, 1.54) is 13.8 Å². The van der Waals surface area contributed by atoms with Gasteiger partial charge < -0.3 is 33.9 Å². The van der Waals surface area contributed by atoms with E-state index in [2.05, 4.69) is 6.92 Å². The number of fused-ring (bicyclic) bond motifs is 3. The Bertz CT molecular complexity index is 1260. The number of hydrogen-bond acceptors (Lipinski definition) is 12. The molecule has 2 N–H and O–H groups in total. The summed E-state index contributed by atoms with van der Waals surface area (Å²) in [5.74, 6) is -5.03. The molecule has 258 valence electrons. The molecule has 1 saturated heterocycles. The predicted molar refractivity (Wildman–Crippen MR) is 164 cm³/mol. The van der Waals surface area contributed by atoms with Gasteiger partial charge in [0.1, 0.15) is 11.7 Å². The molecule has 0 unspecified atom stereocenters. The molecule has 1 saturated carbocycles. The monoisotopic (exact) mass is 650 g/mol. The molecule has 0 radical (unpaired) electrons. The fourth-order valence-electron chi connectivity index (χ4n) is 6.90. The summed E-state index contributed by atoms with van der Waals surface area (Å²) in [6.07, 6.45) is 0.272. The summed E-state index contributed by atoms with van der Waals surface area (Å²) in [4.78, 5) is 65.1. The highest BCUT2D eigenvalue weighted by Gasteiger charge is 2.76. The van der Waals surface area contributed by atoms with Gasteiger partial charge in [0.15, 0.2) is 29.5 Å². The Morgan fingerprint density at radius 3 is 2.15 bits per heavy atom. The molecule has 8 atom stereocenters.